The minimum absolute atomic E-state index is 0. The van der Waals surface area contributed by atoms with Gasteiger partial charge in [-0.25, -0.2) is 0 Å². The molecule has 0 nitrogen and oxygen atoms in total. The zero-order valence-corrected chi connectivity index (χ0v) is 78.6. The predicted molar refractivity (Wildman–Crippen MR) is 502 cm³/mol. The average Bonchev–Trinajstić information content (AvgIpc) is 1.60. The molecule has 0 spiro atoms. The molecule has 546 valence electrons. The fourth-order valence-electron chi connectivity index (χ4n) is 17.4. The Bertz CT molecular complexity index is 5060. The fraction of sp³-hybridized carbons (Fsp3) is 0.224. The van der Waals surface area contributed by atoms with E-state index in [0.29, 0.717) is 0 Å². The molecule has 0 aliphatic heterocycles. The first-order chi connectivity index (χ1) is 51.5. The van der Waals surface area contributed by atoms with Gasteiger partial charge in [0.2, 0.25) is 0 Å². The Hall–Kier alpha value is -6.30. The van der Waals surface area contributed by atoms with E-state index < -0.39 is 46.5 Å². The third-order valence-electron chi connectivity index (χ3n) is 21.4. The van der Waals surface area contributed by atoms with Crippen molar-refractivity contribution in [2.75, 3.05) is 0 Å². The van der Waals surface area contributed by atoms with Crippen molar-refractivity contribution < 1.29 is 26.2 Å². The van der Waals surface area contributed by atoms with E-state index in [1.54, 1.807) is 20.7 Å². The molecule has 0 N–H and O–H groups in total. The van der Waals surface area contributed by atoms with Crippen molar-refractivity contribution in [3.63, 3.8) is 0 Å². The molecule has 4 aliphatic carbocycles. The Balaban J connectivity index is 0.000000180. The number of allylic oxidation sites excluding steroid dienone is 12. The van der Waals surface area contributed by atoms with Crippen LogP contribution in [-0.2, 0) is 26.2 Å². The summed E-state index contributed by atoms with van der Waals surface area (Å²) in [4.78, 5) is 5.73. The van der Waals surface area contributed by atoms with Crippen molar-refractivity contribution in [2.45, 2.75) is 163 Å². The molecule has 0 amide bonds. The maximum atomic E-state index is 2.55. The van der Waals surface area contributed by atoms with Gasteiger partial charge in [-0.05, 0) is 113 Å². The van der Waals surface area contributed by atoms with Crippen molar-refractivity contribution >= 4 is 179 Å². The van der Waals surface area contributed by atoms with Crippen molar-refractivity contribution in [1.82, 2.24) is 0 Å². The molecule has 4 aliphatic rings. The first-order valence-electron chi connectivity index (χ1n) is 38.7. The molecule has 109 heavy (non-hydrogen) atoms. The molecule has 2 radical (unpaired) electrons. The van der Waals surface area contributed by atoms with E-state index in [-0.39, 0.29) is 49.9 Å². The predicted octanol–water partition coefficient (Wildman–Crippen LogP) is 27.1. The van der Waals surface area contributed by atoms with Crippen LogP contribution in [0.4, 0.5) is 0 Å². The number of aryl methyl sites for hydroxylation is 4. The summed E-state index contributed by atoms with van der Waals surface area (Å²) in [5.41, 5.74) is 22.9. The van der Waals surface area contributed by atoms with Gasteiger partial charge in [-0.3, -0.25) is 0 Å². The molecule has 12 aromatic carbocycles. The second-order valence-corrected chi connectivity index (χ2v) is 75.4. The SMILES string of the molecule is Cc1cc2c([c-]1[Si](C)[c-]1c(C)cc3c1C=CC=CC3c1cc(S[Si](C)(C)C)c3ccccc3c1)C=CC=CC2c1cc(S[Si](C)(C)C)c2ccccc2c1.Cc1cc2c([c-]1[Si](C)[c-]1c(C)cc3c1C=CC=CC3c1cc(S[Si](C)(C)C)c3ccccc3c1)C=CC=CC2c1cc(S[Si](C)(C)C)c2ccccc2c1.[Zr+4]. The summed E-state index contributed by atoms with van der Waals surface area (Å²) in [7, 11) is -7.90. The molecular formula is C98H102S4Si6Zr. The van der Waals surface area contributed by atoms with Crippen LogP contribution in [-0.4, -0.2) is 46.5 Å². The Labute approximate surface area is 693 Å². The van der Waals surface area contributed by atoms with Gasteiger partial charge in [-0.2, -0.15) is 114 Å². The molecule has 12 aromatic rings. The molecule has 11 heteroatoms. The molecule has 0 saturated carbocycles. The van der Waals surface area contributed by atoms with Crippen molar-refractivity contribution in [2.24, 2.45) is 0 Å². The van der Waals surface area contributed by atoms with Gasteiger partial charge < -0.3 is 0 Å². The minimum atomic E-state index is -1.41. The Morgan fingerprint density at radius 3 is 0.679 bits per heavy atom. The monoisotopic (exact) mass is 1660 g/mol. The fourth-order valence-corrected chi connectivity index (χ4v) is 37.6. The van der Waals surface area contributed by atoms with Crippen LogP contribution in [0.5, 0.6) is 0 Å². The van der Waals surface area contributed by atoms with Crippen LogP contribution in [0.2, 0.25) is 91.7 Å². The maximum Gasteiger partial charge on any atom is 4.00 e. The van der Waals surface area contributed by atoms with E-state index >= 15 is 0 Å². The Kier molecular flexibility index (Phi) is 23.3. The second kappa shape index (κ2) is 31.9. The summed E-state index contributed by atoms with van der Waals surface area (Å²) in [5, 5.41) is 17.2. The summed E-state index contributed by atoms with van der Waals surface area (Å²) in [6.07, 6.45) is 37.6. The molecule has 4 atom stereocenters. The smallest absolute Gasteiger partial charge is 0.168 e. The first kappa shape index (κ1) is 79.4. The van der Waals surface area contributed by atoms with Gasteiger partial charge in [0.15, 0.2) is 0 Å². The third kappa shape index (κ3) is 16.7. The summed E-state index contributed by atoms with van der Waals surface area (Å²) >= 11 is 8.47. The van der Waals surface area contributed by atoms with Crippen molar-refractivity contribution in [1.29, 1.82) is 0 Å². The minimum Gasteiger partial charge on any atom is -0.168 e. The number of benzene rings is 8. The molecule has 0 aromatic heterocycles. The number of hydrogen-bond donors (Lipinski definition) is 0. The van der Waals surface area contributed by atoms with Gasteiger partial charge in [0.1, 0.15) is 28.9 Å². The first-order valence-corrected chi connectivity index (χ1v) is 62.8. The zero-order valence-electron chi connectivity index (χ0n) is 66.8. The van der Waals surface area contributed by atoms with Gasteiger partial charge in [0.25, 0.3) is 0 Å². The summed E-state index contributed by atoms with van der Waals surface area (Å²) in [5.74, 6) is 0.853. The standard InChI is InChI=1S/2C49H51S2Si3.Zr/c2*1-32-26-44-38(36-28-34-18-10-12-22-40(34)46(30-36)50-53(4,5)6)20-14-16-24-42(44)48(32)52(3)49-33(2)27-45-39(21-15-17-25-43(45)49)37-29-35-19-11-13-23-41(35)47(31-37)51-54(7,8)9;/h2*10-31,38-39H,1-9H3;/q2*-2;+4. The van der Waals surface area contributed by atoms with E-state index in [2.05, 4.69) is 431 Å². The summed E-state index contributed by atoms with van der Waals surface area (Å²) in [6, 6.07) is 65.8. The zero-order chi connectivity index (χ0) is 75.9. The van der Waals surface area contributed by atoms with Crippen LogP contribution in [0.3, 0.4) is 0 Å². The van der Waals surface area contributed by atoms with Crippen LogP contribution in [0.1, 0.15) is 113 Å². The molecule has 16 rings (SSSR count). The van der Waals surface area contributed by atoms with Crippen LogP contribution < -0.4 is 20.7 Å². The van der Waals surface area contributed by atoms with Gasteiger partial charge in [-0.15, -0.1) is 91.6 Å². The summed E-state index contributed by atoms with van der Waals surface area (Å²) in [6.45, 7) is 44.0. The topological polar surface area (TPSA) is 0 Å². The van der Waals surface area contributed by atoms with E-state index in [1.165, 1.54) is 152 Å². The maximum absolute atomic E-state index is 2.55. The van der Waals surface area contributed by atoms with E-state index in [1.807, 2.05) is 0 Å². The van der Waals surface area contributed by atoms with Crippen LogP contribution in [0.15, 0.2) is 262 Å². The number of hydrogen-bond acceptors (Lipinski definition) is 4. The molecule has 0 saturated heterocycles. The van der Waals surface area contributed by atoms with E-state index in [4.69, 9.17) is 0 Å². The Morgan fingerprint density at radius 1 is 0.275 bits per heavy atom. The summed E-state index contributed by atoms with van der Waals surface area (Å²) < 4.78 is 0. The van der Waals surface area contributed by atoms with Crippen LogP contribution in [0, 0.1) is 27.7 Å². The van der Waals surface area contributed by atoms with Gasteiger partial charge in [0.05, 0.1) is 0 Å². The molecule has 0 bridgehead atoms. The normalized spacial score (nSPS) is 16.8. The second-order valence-electron chi connectivity index (χ2n) is 34.2. The van der Waals surface area contributed by atoms with Crippen molar-refractivity contribution in [3.8, 4) is 0 Å². The van der Waals surface area contributed by atoms with Gasteiger partial charge in [0, 0.05) is 37.2 Å². The van der Waals surface area contributed by atoms with Crippen LogP contribution in [0.25, 0.3) is 67.4 Å². The number of rotatable bonds is 16. The molecule has 0 heterocycles. The average molecular weight is 1670 g/mol. The Morgan fingerprint density at radius 2 is 0.477 bits per heavy atom. The van der Waals surface area contributed by atoms with Crippen LogP contribution >= 0.6 is 44.8 Å². The molecule has 4 unspecified atom stereocenters. The van der Waals surface area contributed by atoms with E-state index in [0.717, 1.165) is 0 Å². The van der Waals surface area contributed by atoms with Crippen molar-refractivity contribution in [3.05, 3.63) is 332 Å². The quantitative estimate of drug-likeness (QED) is 0.0698. The largest absolute Gasteiger partial charge is 4.00 e. The molecular weight excluding hydrogens is 1570 g/mol. The van der Waals surface area contributed by atoms with Gasteiger partial charge >= 0.3 is 26.2 Å². The molecule has 0 fully saturated rings. The third-order valence-corrected chi connectivity index (χ3v) is 41.7. The van der Waals surface area contributed by atoms with E-state index in [9.17, 15) is 0 Å². The number of fused-ring (bicyclic) bond motifs is 8. The van der Waals surface area contributed by atoms with Gasteiger partial charge in [-0.1, -0.05) is 289 Å².